The number of aryl methyl sites for hydroxylation is 1. The summed E-state index contributed by atoms with van der Waals surface area (Å²) in [5, 5.41) is 12.5. The van der Waals surface area contributed by atoms with Crippen molar-refractivity contribution in [2.24, 2.45) is 5.92 Å². The molecule has 3 rings (SSSR count). The largest absolute Gasteiger partial charge is 0.480 e. The summed E-state index contributed by atoms with van der Waals surface area (Å²) in [6, 6.07) is 9.99. The van der Waals surface area contributed by atoms with Gasteiger partial charge >= 0.3 is 5.97 Å². The Hall–Kier alpha value is -1.88. The van der Waals surface area contributed by atoms with E-state index in [2.05, 4.69) is 17.4 Å². The molecule has 1 saturated carbocycles. The zero-order chi connectivity index (χ0) is 17.6. The second-order valence-corrected chi connectivity index (χ2v) is 7.31. The smallest absolute Gasteiger partial charge is 0.320 e. The van der Waals surface area contributed by atoms with Gasteiger partial charge in [-0.25, -0.2) is 0 Å². The number of carbonyl (C=O) groups is 2. The van der Waals surface area contributed by atoms with Gasteiger partial charge in [0.15, 0.2) is 0 Å². The lowest BCUT2D eigenvalue weighted by Crippen LogP contribution is -2.47. The van der Waals surface area contributed by atoms with Crippen LogP contribution in [0.3, 0.4) is 0 Å². The maximum absolute atomic E-state index is 12.3. The Morgan fingerprint density at radius 1 is 1.16 bits per heavy atom. The summed E-state index contributed by atoms with van der Waals surface area (Å²) in [6.07, 6.45) is 6.98. The molecule has 2 N–H and O–H groups in total. The maximum atomic E-state index is 12.3. The molecule has 0 aromatic heterocycles. The molecule has 1 aliphatic carbocycles. The van der Waals surface area contributed by atoms with Crippen molar-refractivity contribution in [3.8, 4) is 0 Å². The predicted octanol–water partition coefficient (Wildman–Crippen LogP) is 2.45. The molecule has 1 amide bonds. The number of nitrogens with zero attached hydrogens (tertiary/aromatic N) is 1. The number of carboxylic acids is 1. The van der Waals surface area contributed by atoms with Crippen molar-refractivity contribution < 1.29 is 14.7 Å². The molecule has 0 bridgehead atoms. The Morgan fingerprint density at radius 2 is 1.92 bits per heavy atom. The molecule has 2 fully saturated rings. The van der Waals surface area contributed by atoms with Crippen LogP contribution in [0.5, 0.6) is 0 Å². The summed E-state index contributed by atoms with van der Waals surface area (Å²) in [7, 11) is 0. The highest BCUT2D eigenvalue weighted by molar-refractivity contribution is 5.80. The van der Waals surface area contributed by atoms with Gasteiger partial charge in [0.1, 0.15) is 6.04 Å². The van der Waals surface area contributed by atoms with Crippen LogP contribution >= 0.6 is 0 Å². The third-order valence-electron chi connectivity index (χ3n) is 5.64. The summed E-state index contributed by atoms with van der Waals surface area (Å²) in [6.45, 7) is 0.844. The Labute approximate surface area is 149 Å². The Balaban J connectivity index is 1.46. The van der Waals surface area contributed by atoms with Crippen LogP contribution in [0.15, 0.2) is 30.3 Å². The van der Waals surface area contributed by atoms with E-state index in [0.717, 1.165) is 32.1 Å². The Kier molecular flexibility index (Phi) is 6.08. The highest BCUT2D eigenvalue weighted by Crippen LogP contribution is 2.39. The molecule has 25 heavy (non-hydrogen) atoms. The number of aliphatic carboxylic acids is 1. The van der Waals surface area contributed by atoms with Crippen molar-refractivity contribution in [2.45, 2.75) is 57.0 Å². The van der Waals surface area contributed by atoms with Crippen molar-refractivity contribution in [2.75, 3.05) is 13.1 Å². The molecular weight excluding hydrogens is 316 g/mol. The van der Waals surface area contributed by atoms with Gasteiger partial charge in [0.05, 0.1) is 6.54 Å². The summed E-state index contributed by atoms with van der Waals surface area (Å²) in [5.41, 5.74) is 1.27. The van der Waals surface area contributed by atoms with E-state index in [0.29, 0.717) is 18.9 Å². The first-order valence-corrected chi connectivity index (χ1v) is 9.44. The number of nitrogens with one attached hydrogen (secondary N) is 1. The zero-order valence-electron chi connectivity index (χ0n) is 14.7. The number of carboxylic acid groups (broad SMARTS) is 1. The van der Waals surface area contributed by atoms with E-state index in [-0.39, 0.29) is 18.5 Å². The van der Waals surface area contributed by atoms with Crippen molar-refractivity contribution in [1.29, 1.82) is 0 Å². The Morgan fingerprint density at radius 3 is 2.68 bits per heavy atom. The van der Waals surface area contributed by atoms with E-state index in [1.807, 2.05) is 23.1 Å². The molecule has 1 aliphatic heterocycles. The van der Waals surface area contributed by atoms with Crippen LogP contribution in [0.2, 0.25) is 0 Å². The molecule has 136 valence electrons. The van der Waals surface area contributed by atoms with Gasteiger partial charge in [0, 0.05) is 12.6 Å². The van der Waals surface area contributed by atoms with Gasteiger partial charge in [0.25, 0.3) is 0 Å². The zero-order valence-corrected chi connectivity index (χ0v) is 14.7. The van der Waals surface area contributed by atoms with Gasteiger partial charge in [-0.1, -0.05) is 43.2 Å². The SMILES string of the molecule is O=C(CN1[C@H](C(=O)O)C[C@H]2CCCC[C@@H]21)NCCCc1ccccc1. The molecule has 1 aromatic rings. The average Bonchev–Trinajstić information content (AvgIpc) is 2.99. The average molecular weight is 344 g/mol. The molecule has 1 heterocycles. The van der Waals surface area contributed by atoms with Crippen LogP contribution in [-0.4, -0.2) is 47.1 Å². The van der Waals surface area contributed by atoms with Gasteiger partial charge in [-0.3, -0.25) is 14.5 Å². The lowest BCUT2D eigenvalue weighted by Gasteiger charge is -2.32. The quantitative estimate of drug-likeness (QED) is 0.746. The number of amides is 1. The predicted molar refractivity (Wildman–Crippen MR) is 96.3 cm³/mol. The van der Waals surface area contributed by atoms with Gasteiger partial charge in [-0.15, -0.1) is 0 Å². The van der Waals surface area contributed by atoms with Gasteiger partial charge in [-0.05, 0) is 43.6 Å². The number of hydrogen-bond acceptors (Lipinski definition) is 3. The molecule has 2 aliphatic rings. The minimum absolute atomic E-state index is 0.0504. The van der Waals surface area contributed by atoms with Crippen molar-refractivity contribution in [3.63, 3.8) is 0 Å². The molecule has 0 radical (unpaired) electrons. The summed E-state index contributed by atoms with van der Waals surface area (Å²) < 4.78 is 0. The topological polar surface area (TPSA) is 69.6 Å². The standard InChI is InChI=1S/C20H28N2O3/c23-19(21-12-6-9-15-7-2-1-3-8-15)14-22-17-11-5-4-10-16(17)13-18(22)20(24)25/h1-3,7-8,16-18H,4-6,9-14H2,(H,21,23)(H,24,25)/t16-,17+,18+/m1/s1. The van der Waals surface area contributed by atoms with Crippen LogP contribution in [0.25, 0.3) is 0 Å². The number of hydrogen-bond donors (Lipinski definition) is 2. The highest BCUT2D eigenvalue weighted by atomic mass is 16.4. The van der Waals surface area contributed by atoms with Crippen molar-refractivity contribution in [3.05, 3.63) is 35.9 Å². The first kappa shape index (κ1) is 17.9. The molecular formula is C20H28N2O3. The summed E-state index contributed by atoms with van der Waals surface area (Å²) >= 11 is 0. The summed E-state index contributed by atoms with van der Waals surface area (Å²) in [4.78, 5) is 25.8. The number of likely N-dealkylation sites (tertiary alicyclic amines) is 1. The molecule has 3 atom stereocenters. The number of benzene rings is 1. The molecule has 5 heteroatoms. The molecule has 1 aromatic carbocycles. The fourth-order valence-electron chi connectivity index (χ4n) is 4.41. The fourth-order valence-corrected chi connectivity index (χ4v) is 4.41. The van der Waals surface area contributed by atoms with Crippen molar-refractivity contribution >= 4 is 11.9 Å². The normalized spacial score (nSPS) is 26.2. The number of rotatable bonds is 7. The fraction of sp³-hybridized carbons (Fsp3) is 0.600. The van der Waals surface area contributed by atoms with Gasteiger partial charge in [0.2, 0.25) is 5.91 Å². The first-order valence-electron chi connectivity index (χ1n) is 9.44. The molecule has 5 nitrogen and oxygen atoms in total. The van der Waals surface area contributed by atoms with Crippen LogP contribution in [0.1, 0.15) is 44.1 Å². The first-order chi connectivity index (χ1) is 12.1. The molecule has 0 spiro atoms. The molecule has 1 saturated heterocycles. The summed E-state index contributed by atoms with van der Waals surface area (Å²) in [5.74, 6) is -0.391. The minimum Gasteiger partial charge on any atom is -0.480 e. The van der Waals surface area contributed by atoms with Crippen LogP contribution in [-0.2, 0) is 16.0 Å². The van der Waals surface area contributed by atoms with Crippen LogP contribution < -0.4 is 5.32 Å². The monoisotopic (exact) mass is 344 g/mol. The van der Waals surface area contributed by atoms with E-state index >= 15 is 0 Å². The van der Waals surface area contributed by atoms with Gasteiger partial charge in [-0.2, -0.15) is 0 Å². The van der Waals surface area contributed by atoms with E-state index in [9.17, 15) is 14.7 Å². The van der Waals surface area contributed by atoms with E-state index in [1.165, 1.54) is 12.0 Å². The second kappa shape index (κ2) is 8.48. The maximum Gasteiger partial charge on any atom is 0.320 e. The minimum atomic E-state index is -0.786. The van der Waals surface area contributed by atoms with E-state index < -0.39 is 12.0 Å². The lowest BCUT2D eigenvalue weighted by molar-refractivity contribution is -0.143. The third-order valence-corrected chi connectivity index (χ3v) is 5.64. The number of carbonyl (C=O) groups excluding carboxylic acids is 1. The highest BCUT2D eigenvalue weighted by Gasteiger charge is 2.45. The van der Waals surface area contributed by atoms with Crippen molar-refractivity contribution in [1.82, 2.24) is 10.2 Å². The lowest BCUT2D eigenvalue weighted by atomic mass is 9.85. The van der Waals surface area contributed by atoms with Gasteiger partial charge < -0.3 is 10.4 Å². The molecule has 0 unspecified atom stereocenters. The van der Waals surface area contributed by atoms with E-state index in [1.54, 1.807) is 0 Å². The third kappa shape index (κ3) is 4.60. The Bertz CT molecular complexity index is 590. The second-order valence-electron chi connectivity index (χ2n) is 7.31. The van der Waals surface area contributed by atoms with Crippen LogP contribution in [0.4, 0.5) is 0 Å². The van der Waals surface area contributed by atoms with E-state index in [4.69, 9.17) is 0 Å². The van der Waals surface area contributed by atoms with Crippen LogP contribution in [0, 0.1) is 5.92 Å². The number of fused-ring (bicyclic) bond motifs is 1.